The Morgan fingerprint density at radius 2 is 2.16 bits per heavy atom. The first-order valence-electron chi connectivity index (χ1n) is 5.97. The monoisotopic (exact) mass is 300 g/mol. The summed E-state index contributed by atoms with van der Waals surface area (Å²) in [6, 6.07) is 4.97. The molecule has 2 aromatic rings. The SMILES string of the molecule is CCCNCc1coc(Oc2ccc(Cl)c(Cl)c2)n1. The van der Waals surface area contributed by atoms with Gasteiger partial charge in [0, 0.05) is 12.6 Å². The van der Waals surface area contributed by atoms with Crippen molar-refractivity contribution >= 4 is 23.2 Å². The van der Waals surface area contributed by atoms with E-state index in [-0.39, 0.29) is 6.08 Å². The van der Waals surface area contributed by atoms with E-state index in [0.717, 1.165) is 18.7 Å². The van der Waals surface area contributed by atoms with E-state index in [1.165, 1.54) is 0 Å². The number of halogens is 2. The van der Waals surface area contributed by atoms with E-state index >= 15 is 0 Å². The van der Waals surface area contributed by atoms with E-state index in [0.29, 0.717) is 22.3 Å². The lowest BCUT2D eigenvalue weighted by Gasteiger charge is -2.01. The van der Waals surface area contributed by atoms with Gasteiger partial charge in [-0.2, -0.15) is 4.98 Å². The molecule has 0 atom stereocenters. The highest BCUT2D eigenvalue weighted by atomic mass is 35.5. The van der Waals surface area contributed by atoms with Gasteiger partial charge in [0.05, 0.1) is 15.7 Å². The zero-order valence-corrected chi connectivity index (χ0v) is 12.0. The first-order chi connectivity index (χ1) is 9.19. The molecule has 2 rings (SSSR count). The molecule has 0 radical (unpaired) electrons. The molecule has 0 saturated carbocycles. The molecule has 4 nitrogen and oxygen atoms in total. The van der Waals surface area contributed by atoms with Gasteiger partial charge in [0.25, 0.3) is 0 Å². The highest BCUT2D eigenvalue weighted by Gasteiger charge is 2.07. The van der Waals surface area contributed by atoms with Gasteiger partial charge in [-0.25, -0.2) is 0 Å². The number of nitrogens with zero attached hydrogens (tertiary/aromatic N) is 1. The Bertz CT molecular complexity index is 543. The second-order valence-corrected chi connectivity index (χ2v) is 4.77. The second-order valence-electron chi connectivity index (χ2n) is 3.96. The molecule has 1 heterocycles. The van der Waals surface area contributed by atoms with Gasteiger partial charge >= 0.3 is 6.08 Å². The molecule has 0 bridgehead atoms. The molecule has 1 aromatic carbocycles. The summed E-state index contributed by atoms with van der Waals surface area (Å²) >= 11 is 11.7. The Morgan fingerprint density at radius 3 is 2.89 bits per heavy atom. The van der Waals surface area contributed by atoms with Crippen molar-refractivity contribution in [1.29, 1.82) is 0 Å². The molecule has 1 aromatic heterocycles. The zero-order valence-electron chi connectivity index (χ0n) is 10.5. The fourth-order valence-electron chi connectivity index (χ4n) is 1.45. The van der Waals surface area contributed by atoms with Crippen LogP contribution in [0.2, 0.25) is 10.0 Å². The van der Waals surface area contributed by atoms with Crippen LogP contribution < -0.4 is 10.1 Å². The van der Waals surface area contributed by atoms with E-state index in [4.69, 9.17) is 32.4 Å². The summed E-state index contributed by atoms with van der Waals surface area (Å²) in [5, 5.41) is 4.13. The predicted octanol–water partition coefficient (Wildman–Crippen LogP) is 4.27. The summed E-state index contributed by atoms with van der Waals surface area (Å²) in [6.07, 6.45) is 2.83. The van der Waals surface area contributed by atoms with Gasteiger partial charge in [-0.3, -0.25) is 0 Å². The minimum absolute atomic E-state index is 0.187. The lowest BCUT2D eigenvalue weighted by Crippen LogP contribution is -2.13. The number of nitrogens with one attached hydrogen (secondary N) is 1. The summed E-state index contributed by atoms with van der Waals surface area (Å²) in [7, 11) is 0. The molecule has 0 fully saturated rings. The molecule has 0 spiro atoms. The molecule has 0 amide bonds. The van der Waals surface area contributed by atoms with Crippen LogP contribution in [0, 0.1) is 0 Å². The van der Waals surface area contributed by atoms with E-state index in [9.17, 15) is 0 Å². The number of aromatic nitrogens is 1. The van der Waals surface area contributed by atoms with Gasteiger partial charge in [0.15, 0.2) is 0 Å². The molecule has 1 N–H and O–H groups in total. The molecule has 6 heteroatoms. The average molecular weight is 301 g/mol. The third-order valence-corrected chi connectivity index (χ3v) is 3.10. The van der Waals surface area contributed by atoms with Crippen molar-refractivity contribution in [2.24, 2.45) is 0 Å². The Morgan fingerprint density at radius 1 is 1.32 bits per heavy atom. The van der Waals surface area contributed by atoms with Gasteiger partial charge in [-0.05, 0) is 25.1 Å². The lowest BCUT2D eigenvalue weighted by atomic mass is 10.3. The van der Waals surface area contributed by atoms with E-state index in [1.807, 2.05) is 0 Å². The molecular formula is C13H14Cl2N2O2. The summed E-state index contributed by atoms with van der Waals surface area (Å²) in [5.74, 6) is 0.532. The number of benzene rings is 1. The van der Waals surface area contributed by atoms with Crippen molar-refractivity contribution < 1.29 is 9.15 Å². The lowest BCUT2D eigenvalue weighted by molar-refractivity contribution is 0.331. The predicted molar refractivity (Wildman–Crippen MR) is 75.0 cm³/mol. The minimum atomic E-state index is 0.187. The minimum Gasteiger partial charge on any atom is -0.417 e. The summed E-state index contributed by atoms with van der Waals surface area (Å²) in [5.41, 5.74) is 0.795. The highest BCUT2D eigenvalue weighted by Crippen LogP contribution is 2.29. The molecule has 0 unspecified atom stereocenters. The maximum atomic E-state index is 5.90. The van der Waals surface area contributed by atoms with Crippen LogP contribution in [0.1, 0.15) is 19.0 Å². The average Bonchev–Trinajstić information content (AvgIpc) is 2.82. The maximum Gasteiger partial charge on any atom is 0.399 e. The van der Waals surface area contributed by atoms with Crippen LogP contribution in [0.15, 0.2) is 28.9 Å². The number of oxazole rings is 1. The van der Waals surface area contributed by atoms with Crippen LogP contribution in [0.5, 0.6) is 11.8 Å². The largest absolute Gasteiger partial charge is 0.417 e. The van der Waals surface area contributed by atoms with E-state index < -0.39 is 0 Å². The third kappa shape index (κ3) is 4.13. The van der Waals surface area contributed by atoms with Crippen LogP contribution in [0.25, 0.3) is 0 Å². The first-order valence-corrected chi connectivity index (χ1v) is 6.72. The quantitative estimate of drug-likeness (QED) is 0.809. The van der Waals surface area contributed by atoms with Crippen molar-refractivity contribution in [3.8, 4) is 11.8 Å². The van der Waals surface area contributed by atoms with Crippen LogP contribution in [0.3, 0.4) is 0 Å². The normalized spacial score (nSPS) is 10.7. The fourth-order valence-corrected chi connectivity index (χ4v) is 1.74. The Hall–Kier alpha value is -1.23. The van der Waals surface area contributed by atoms with Gasteiger partial charge in [0.1, 0.15) is 12.0 Å². The second kappa shape index (κ2) is 6.80. The molecule has 19 heavy (non-hydrogen) atoms. The van der Waals surface area contributed by atoms with E-state index in [1.54, 1.807) is 24.5 Å². The van der Waals surface area contributed by atoms with Gasteiger partial charge in [0.2, 0.25) is 0 Å². The standard InChI is InChI=1S/C13H14Cl2N2O2/c1-2-5-16-7-9-8-18-13(17-9)19-10-3-4-11(14)12(15)6-10/h3-4,6,8,16H,2,5,7H2,1H3. The van der Waals surface area contributed by atoms with E-state index in [2.05, 4.69) is 17.2 Å². The van der Waals surface area contributed by atoms with Gasteiger partial charge < -0.3 is 14.5 Å². The first kappa shape index (κ1) is 14.2. The highest BCUT2D eigenvalue weighted by molar-refractivity contribution is 6.42. The molecule has 0 saturated heterocycles. The Kier molecular flexibility index (Phi) is 5.07. The smallest absolute Gasteiger partial charge is 0.399 e. The topological polar surface area (TPSA) is 47.3 Å². The molecule has 0 aliphatic heterocycles. The molecule has 102 valence electrons. The van der Waals surface area contributed by atoms with Crippen molar-refractivity contribution in [1.82, 2.24) is 10.3 Å². The number of hydrogen-bond acceptors (Lipinski definition) is 4. The number of rotatable bonds is 6. The number of hydrogen-bond donors (Lipinski definition) is 1. The van der Waals surface area contributed by atoms with Crippen LogP contribution >= 0.6 is 23.2 Å². The Labute approximate surface area is 121 Å². The molecular weight excluding hydrogens is 287 g/mol. The fraction of sp³-hybridized carbons (Fsp3) is 0.308. The summed E-state index contributed by atoms with van der Waals surface area (Å²) in [6.45, 7) is 3.70. The van der Waals surface area contributed by atoms with Crippen LogP contribution in [0.4, 0.5) is 0 Å². The summed E-state index contributed by atoms with van der Waals surface area (Å²) in [4.78, 5) is 4.20. The zero-order chi connectivity index (χ0) is 13.7. The van der Waals surface area contributed by atoms with Crippen molar-refractivity contribution in [3.63, 3.8) is 0 Å². The third-order valence-electron chi connectivity index (χ3n) is 2.36. The van der Waals surface area contributed by atoms with Crippen LogP contribution in [-0.4, -0.2) is 11.5 Å². The summed E-state index contributed by atoms with van der Waals surface area (Å²) < 4.78 is 10.7. The van der Waals surface area contributed by atoms with Crippen molar-refractivity contribution in [2.45, 2.75) is 19.9 Å². The van der Waals surface area contributed by atoms with Crippen molar-refractivity contribution in [3.05, 3.63) is 40.2 Å². The number of ether oxygens (including phenoxy) is 1. The van der Waals surface area contributed by atoms with Crippen LogP contribution in [-0.2, 0) is 6.54 Å². The van der Waals surface area contributed by atoms with Gasteiger partial charge in [-0.15, -0.1) is 0 Å². The molecule has 0 aliphatic rings. The molecule has 0 aliphatic carbocycles. The van der Waals surface area contributed by atoms with Gasteiger partial charge in [-0.1, -0.05) is 30.1 Å². The Balaban J connectivity index is 1.97. The maximum absolute atomic E-state index is 5.90. The van der Waals surface area contributed by atoms with Crippen molar-refractivity contribution in [2.75, 3.05) is 6.54 Å².